The first kappa shape index (κ1) is 13.1. The molecule has 2 aromatic rings. The topological polar surface area (TPSA) is 69.8 Å². The van der Waals surface area contributed by atoms with Crippen LogP contribution in [0.2, 0.25) is 0 Å². The summed E-state index contributed by atoms with van der Waals surface area (Å²) in [5.74, 6) is -0.755. The number of nitrogens with zero attached hydrogens (tertiary/aromatic N) is 1. The zero-order valence-corrected chi connectivity index (χ0v) is 10.5. The highest BCUT2D eigenvalue weighted by Crippen LogP contribution is 2.19. The molecule has 0 aliphatic heterocycles. The maximum absolute atomic E-state index is 13.7. The van der Waals surface area contributed by atoms with E-state index in [1.807, 2.05) is 6.92 Å². The van der Waals surface area contributed by atoms with Crippen molar-refractivity contribution in [2.45, 2.75) is 13.5 Å². The number of rotatable bonds is 5. The highest BCUT2D eigenvalue weighted by molar-refractivity contribution is 5.99. The van der Waals surface area contributed by atoms with Crippen molar-refractivity contribution < 1.29 is 9.18 Å². The Morgan fingerprint density at radius 2 is 2.32 bits per heavy atom. The van der Waals surface area contributed by atoms with Crippen molar-refractivity contribution in [2.24, 2.45) is 0 Å². The van der Waals surface area contributed by atoms with E-state index in [0.717, 1.165) is 5.56 Å². The number of aromatic nitrogens is 2. The number of para-hydroxylation sites is 1. The van der Waals surface area contributed by atoms with Gasteiger partial charge in [-0.3, -0.25) is 9.89 Å². The standard InChI is InChI=1S/C13H15FN4O/c1-2-15-12-10(4-3-5-11(12)14)13(19)16-6-9-7-17-18-8-9/h3-5,7-8,15H,2,6H2,1H3,(H,16,19)(H,17,18). The van der Waals surface area contributed by atoms with Crippen LogP contribution in [0.5, 0.6) is 0 Å². The molecule has 1 aromatic carbocycles. The van der Waals surface area contributed by atoms with Crippen LogP contribution in [0.15, 0.2) is 30.6 Å². The lowest BCUT2D eigenvalue weighted by atomic mass is 10.1. The molecule has 0 bridgehead atoms. The largest absolute Gasteiger partial charge is 0.382 e. The van der Waals surface area contributed by atoms with Gasteiger partial charge in [0.2, 0.25) is 0 Å². The molecular weight excluding hydrogens is 247 g/mol. The van der Waals surface area contributed by atoms with Crippen molar-refractivity contribution in [2.75, 3.05) is 11.9 Å². The molecule has 0 unspecified atom stereocenters. The average molecular weight is 262 g/mol. The molecule has 2 rings (SSSR count). The van der Waals surface area contributed by atoms with E-state index in [0.29, 0.717) is 18.7 Å². The van der Waals surface area contributed by atoms with E-state index in [1.165, 1.54) is 12.1 Å². The molecular formula is C13H15FN4O. The number of hydrogen-bond acceptors (Lipinski definition) is 3. The van der Waals surface area contributed by atoms with E-state index in [2.05, 4.69) is 20.8 Å². The van der Waals surface area contributed by atoms with E-state index in [4.69, 9.17) is 0 Å². The highest BCUT2D eigenvalue weighted by Gasteiger charge is 2.14. The number of nitrogens with one attached hydrogen (secondary N) is 3. The summed E-state index contributed by atoms with van der Waals surface area (Å²) in [4.78, 5) is 12.0. The number of carbonyl (C=O) groups excluding carboxylic acids is 1. The van der Waals surface area contributed by atoms with Gasteiger partial charge in [0.15, 0.2) is 0 Å². The number of halogens is 1. The van der Waals surface area contributed by atoms with E-state index in [-0.39, 0.29) is 11.6 Å². The quantitative estimate of drug-likeness (QED) is 0.771. The van der Waals surface area contributed by atoms with Crippen LogP contribution < -0.4 is 10.6 Å². The summed E-state index contributed by atoms with van der Waals surface area (Å²) in [6, 6.07) is 4.43. The minimum Gasteiger partial charge on any atom is -0.382 e. The summed E-state index contributed by atoms with van der Waals surface area (Å²) in [6.45, 7) is 2.74. The summed E-state index contributed by atoms with van der Waals surface area (Å²) in [5, 5.41) is 12.0. The third-order valence-electron chi connectivity index (χ3n) is 2.62. The molecule has 1 amide bonds. The van der Waals surface area contributed by atoms with Crippen LogP contribution in [0.1, 0.15) is 22.8 Å². The first-order valence-corrected chi connectivity index (χ1v) is 6.00. The van der Waals surface area contributed by atoms with Crippen molar-refractivity contribution in [1.82, 2.24) is 15.5 Å². The summed E-state index contributed by atoms with van der Waals surface area (Å²) >= 11 is 0. The van der Waals surface area contributed by atoms with Crippen molar-refractivity contribution in [3.8, 4) is 0 Å². The van der Waals surface area contributed by atoms with Crippen LogP contribution in [-0.2, 0) is 6.54 Å². The molecule has 5 nitrogen and oxygen atoms in total. The Labute approximate surface area is 110 Å². The second kappa shape index (κ2) is 5.99. The SMILES string of the molecule is CCNc1c(F)cccc1C(=O)NCc1cn[nH]c1. The first-order chi connectivity index (χ1) is 9.22. The first-order valence-electron chi connectivity index (χ1n) is 6.00. The molecule has 0 radical (unpaired) electrons. The van der Waals surface area contributed by atoms with Crippen molar-refractivity contribution >= 4 is 11.6 Å². The lowest BCUT2D eigenvalue weighted by Gasteiger charge is -2.11. The van der Waals surface area contributed by atoms with Gasteiger partial charge in [0.05, 0.1) is 17.4 Å². The smallest absolute Gasteiger partial charge is 0.253 e. The van der Waals surface area contributed by atoms with E-state index >= 15 is 0 Å². The van der Waals surface area contributed by atoms with E-state index in [9.17, 15) is 9.18 Å². The molecule has 1 heterocycles. The molecule has 0 fully saturated rings. The Morgan fingerprint density at radius 3 is 3.00 bits per heavy atom. The number of amides is 1. The number of benzene rings is 1. The van der Waals surface area contributed by atoms with Gasteiger partial charge in [-0.1, -0.05) is 6.07 Å². The Balaban J connectivity index is 2.12. The summed E-state index contributed by atoms with van der Waals surface area (Å²) in [6.07, 6.45) is 3.31. The predicted molar refractivity (Wildman–Crippen MR) is 70.3 cm³/mol. The molecule has 19 heavy (non-hydrogen) atoms. The maximum Gasteiger partial charge on any atom is 0.253 e. The second-order valence-electron chi connectivity index (χ2n) is 3.98. The summed E-state index contributed by atoms with van der Waals surface area (Å²) < 4.78 is 13.7. The molecule has 0 aliphatic rings. The zero-order valence-electron chi connectivity index (χ0n) is 10.5. The summed E-state index contributed by atoms with van der Waals surface area (Å²) in [7, 11) is 0. The molecule has 3 N–H and O–H groups in total. The number of carbonyl (C=O) groups is 1. The average Bonchev–Trinajstić information content (AvgIpc) is 2.92. The van der Waals surface area contributed by atoms with Crippen LogP contribution in [-0.4, -0.2) is 22.6 Å². The van der Waals surface area contributed by atoms with Crippen molar-refractivity contribution in [3.05, 3.63) is 47.5 Å². The fourth-order valence-electron chi connectivity index (χ4n) is 1.72. The fraction of sp³-hybridized carbons (Fsp3) is 0.231. The van der Waals surface area contributed by atoms with Crippen LogP contribution in [0, 0.1) is 5.82 Å². The Kier molecular flexibility index (Phi) is 4.12. The maximum atomic E-state index is 13.7. The van der Waals surface area contributed by atoms with Crippen LogP contribution >= 0.6 is 0 Å². The Morgan fingerprint density at radius 1 is 1.47 bits per heavy atom. The van der Waals surface area contributed by atoms with Crippen molar-refractivity contribution in [3.63, 3.8) is 0 Å². The van der Waals surface area contributed by atoms with E-state index in [1.54, 1.807) is 18.5 Å². The van der Waals surface area contributed by atoms with Gasteiger partial charge < -0.3 is 10.6 Å². The minimum absolute atomic E-state index is 0.231. The van der Waals surface area contributed by atoms with Crippen LogP contribution in [0.3, 0.4) is 0 Å². The number of aromatic amines is 1. The predicted octanol–water partition coefficient (Wildman–Crippen LogP) is 1.91. The molecule has 0 saturated heterocycles. The lowest BCUT2D eigenvalue weighted by Crippen LogP contribution is -2.24. The molecule has 6 heteroatoms. The van der Waals surface area contributed by atoms with Gasteiger partial charge in [0.1, 0.15) is 5.82 Å². The second-order valence-corrected chi connectivity index (χ2v) is 3.98. The number of hydrogen-bond donors (Lipinski definition) is 3. The van der Waals surface area contributed by atoms with Gasteiger partial charge in [-0.15, -0.1) is 0 Å². The van der Waals surface area contributed by atoms with Crippen molar-refractivity contribution in [1.29, 1.82) is 0 Å². The van der Waals surface area contributed by atoms with Crippen LogP contribution in [0.25, 0.3) is 0 Å². The molecule has 0 atom stereocenters. The van der Waals surface area contributed by atoms with Gasteiger partial charge in [-0.25, -0.2) is 4.39 Å². The van der Waals surface area contributed by atoms with Gasteiger partial charge >= 0.3 is 0 Å². The Hall–Kier alpha value is -2.37. The molecule has 0 spiro atoms. The molecule has 100 valence electrons. The minimum atomic E-state index is -0.433. The third kappa shape index (κ3) is 3.09. The fourth-order valence-corrected chi connectivity index (χ4v) is 1.72. The van der Waals surface area contributed by atoms with Crippen LogP contribution in [0.4, 0.5) is 10.1 Å². The van der Waals surface area contributed by atoms with Gasteiger partial charge in [0.25, 0.3) is 5.91 Å². The number of H-pyrrole nitrogens is 1. The third-order valence-corrected chi connectivity index (χ3v) is 2.62. The lowest BCUT2D eigenvalue weighted by molar-refractivity contribution is 0.0951. The van der Waals surface area contributed by atoms with Gasteiger partial charge in [0, 0.05) is 24.8 Å². The monoisotopic (exact) mass is 262 g/mol. The normalized spacial score (nSPS) is 10.2. The Bertz CT molecular complexity index is 554. The van der Waals surface area contributed by atoms with E-state index < -0.39 is 5.82 Å². The number of anilines is 1. The zero-order chi connectivity index (χ0) is 13.7. The van der Waals surface area contributed by atoms with Gasteiger partial charge in [-0.2, -0.15) is 5.10 Å². The molecule has 0 aliphatic carbocycles. The molecule has 0 saturated carbocycles. The molecule has 1 aromatic heterocycles. The summed E-state index contributed by atoms with van der Waals surface area (Å²) in [5.41, 5.74) is 1.38. The van der Waals surface area contributed by atoms with Gasteiger partial charge in [-0.05, 0) is 19.1 Å². The highest BCUT2D eigenvalue weighted by atomic mass is 19.1.